The van der Waals surface area contributed by atoms with E-state index in [-0.39, 0.29) is 5.91 Å². The Hall–Kier alpha value is -1.51. The molecule has 1 aliphatic rings. The molecule has 1 fully saturated rings. The highest BCUT2D eigenvalue weighted by molar-refractivity contribution is 5.94. The number of piperidine rings is 1. The molecular weight excluding hydrogens is 238 g/mol. The number of ether oxygens (including phenoxy) is 1. The van der Waals surface area contributed by atoms with Crippen LogP contribution in [0.4, 0.5) is 0 Å². The van der Waals surface area contributed by atoms with E-state index in [1.165, 1.54) is 6.42 Å². The Labute approximate surface area is 115 Å². The summed E-state index contributed by atoms with van der Waals surface area (Å²) >= 11 is 0. The van der Waals surface area contributed by atoms with Gasteiger partial charge in [-0.2, -0.15) is 0 Å². The fourth-order valence-corrected chi connectivity index (χ4v) is 2.48. The number of benzene rings is 1. The molecule has 1 aromatic carbocycles. The molecule has 0 aliphatic carbocycles. The van der Waals surface area contributed by atoms with Gasteiger partial charge in [-0.15, -0.1) is 0 Å². The Morgan fingerprint density at radius 2 is 2.05 bits per heavy atom. The standard InChI is InChI=1S/C16H23NO2/c1-3-12-19-15-9-7-14(8-10-15)16(18)17-11-5-4-6-13(17)2/h7-10,13H,3-6,11-12H2,1-2H3/t13-/m1/s1. The highest BCUT2D eigenvalue weighted by atomic mass is 16.5. The quantitative estimate of drug-likeness (QED) is 0.830. The summed E-state index contributed by atoms with van der Waals surface area (Å²) in [6.45, 7) is 5.82. The van der Waals surface area contributed by atoms with Crippen molar-refractivity contribution in [1.82, 2.24) is 4.90 Å². The molecule has 1 heterocycles. The number of amides is 1. The minimum Gasteiger partial charge on any atom is -0.494 e. The van der Waals surface area contributed by atoms with E-state index < -0.39 is 0 Å². The van der Waals surface area contributed by atoms with Crippen LogP contribution in [0.15, 0.2) is 24.3 Å². The van der Waals surface area contributed by atoms with Crippen molar-refractivity contribution >= 4 is 5.91 Å². The molecule has 0 aromatic heterocycles. The van der Waals surface area contributed by atoms with E-state index in [1.54, 1.807) is 0 Å². The van der Waals surface area contributed by atoms with E-state index in [0.717, 1.165) is 43.7 Å². The van der Waals surface area contributed by atoms with Crippen molar-refractivity contribution < 1.29 is 9.53 Å². The van der Waals surface area contributed by atoms with Crippen molar-refractivity contribution in [2.75, 3.05) is 13.2 Å². The average Bonchev–Trinajstić information content (AvgIpc) is 2.45. The Kier molecular flexibility index (Phi) is 4.83. The molecule has 0 spiro atoms. The lowest BCUT2D eigenvalue weighted by atomic mass is 10.0. The first kappa shape index (κ1) is 13.9. The second-order valence-corrected chi connectivity index (χ2v) is 5.22. The van der Waals surface area contributed by atoms with Gasteiger partial charge in [0, 0.05) is 18.2 Å². The van der Waals surface area contributed by atoms with Gasteiger partial charge >= 0.3 is 0 Å². The van der Waals surface area contributed by atoms with E-state index in [9.17, 15) is 4.79 Å². The molecule has 1 saturated heterocycles. The van der Waals surface area contributed by atoms with Crippen molar-refractivity contribution in [2.45, 2.75) is 45.6 Å². The maximum absolute atomic E-state index is 12.4. The summed E-state index contributed by atoms with van der Waals surface area (Å²) in [5, 5.41) is 0. The average molecular weight is 261 g/mol. The number of rotatable bonds is 4. The van der Waals surface area contributed by atoms with Crippen LogP contribution in [0.2, 0.25) is 0 Å². The zero-order valence-electron chi connectivity index (χ0n) is 11.9. The Morgan fingerprint density at radius 1 is 1.32 bits per heavy atom. The van der Waals surface area contributed by atoms with Crippen LogP contribution in [-0.4, -0.2) is 30.0 Å². The molecule has 1 aliphatic heterocycles. The predicted molar refractivity (Wildman–Crippen MR) is 76.6 cm³/mol. The lowest BCUT2D eigenvalue weighted by molar-refractivity contribution is 0.0635. The molecule has 0 radical (unpaired) electrons. The number of hydrogen-bond donors (Lipinski definition) is 0. The van der Waals surface area contributed by atoms with Gasteiger partial charge in [0.25, 0.3) is 5.91 Å². The molecule has 3 heteroatoms. The summed E-state index contributed by atoms with van der Waals surface area (Å²) in [6.07, 6.45) is 4.46. The molecule has 0 bridgehead atoms. The third-order valence-electron chi connectivity index (χ3n) is 3.64. The largest absolute Gasteiger partial charge is 0.494 e. The molecule has 3 nitrogen and oxygen atoms in total. The van der Waals surface area contributed by atoms with Crippen molar-refractivity contribution in [3.63, 3.8) is 0 Å². The maximum Gasteiger partial charge on any atom is 0.254 e. The van der Waals surface area contributed by atoms with Crippen molar-refractivity contribution in [3.05, 3.63) is 29.8 Å². The maximum atomic E-state index is 12.4. The Bertz CT molecular complexity index is 413. The first-order chi connectivity index (χ1) is 9.22. The summed E-state index contributed by atoms with van der Waals surface area (Å²) in [7, 11) is 0. The summed E-state index contributed by atoms with van der Waals surface area (Å²) in [6, 6.07) is 7.87. The molecule has 1 amide bonds. The van der Waals surface area contributed by atoms with Crippen LogP contribution in [0, 0.1) is 0 Å². The van der Waals surface area contributed by atoms with Crippen LogP contribution >= 0.6 is 0 Å². The molecule has 19 heavy (non-hydrogen) atoms. The number of carbonyl (C=O) groups is 1. The number of likely N-dealkylation sites (tertiary alicyclic amines) is 1. The molecule has 104 valence electrons. The van der Waals surface area contributed by atoms with Gasteiger partial charge < -0.3 is 9.64 Å². The third kappa shape index (κ3) is 3.49. The van der Waals surface area contributed by atoms with Crippen LogP contribution in [-0.2, 0) is 0 Å². The lowest BCUT2D eigenvalue weighted by Gasteiger charge is -2.33. The lowest BCUT2D eigenvalue weighted by Crippen LogP contribution is -2.41. The molecule has 1 aromatic rings. The molecular formula is C16H23NO2. The predicted octanol–water partition coefficient (Wildman–Crippen LogP) is 3.49. The highest BCUT2D eigenvalue weighted by Crippen LogP contribution is 2.20. The second-order valence-electron chi connectivity index (χ2n) is 5.22. The van der Waals surface area contributed by atoms with Gasteiger partial charge in [0.15, 0.2) is 0 Å². The van der Waals surface area contributed by atoms with Gasteiger partial charge in [-0.25, -0.2) is 0 Å². The van der Waals surface area contributed by atoms with Crippen LogP contribution in [0.25, 0.3) is 0 Å². The SMILES string of the molecule is CCCOc1ccc(C(=O)N2CCCC[C@H]2C)cc1. The third-order valence-corrected chi connectivity index (χ3v) is 3.64. The fraction of sp³-hybridized carbons (Fsp3) is 0.562. The van der Waals surface area contributed by atoms with E-state index >= 15 is 0 Å². The van der Waals surface area contributed by atoms with Crippen molar-refractivity contribution in [3.8, 4) is 5.75 Å². The Morgan fingerprint density at radius 3 is 2.68 bits per heavy atom. The Balaban J connectivity index is 2.02. The smallest absolute Gasteiger partial charge is 0.254 e. The monoisotopic (exact) mass is 261 g/mol. The zero-order chi connectivity index (χ0) is 13.7. The van der Waals surface area contributed by atoms with E-state index in [2.05, 4.69) is 13.8 Å². The first-order valence-electron chi connectivity index (χ1n) is 7.26. The van der Waals surface area contributed by atoms with Gasteiger partial charge in [0.1, 0.15) is 5.75 Å². The minimum absolute atomic E-state index is 0.147. The van der Waals surface area contributed by atoms with Crippen molar-refractivity contribution in [2.24, 2.45) is 0 Å². The van der Waals surface area contributed by atoms with Crippen LogP contribution in [0.5, 0.6) is 5.75 Å². The second kappa shape index (κ2) is 6.60. The normalized spacial score (nSPS) is 19.3. The molecule has 1 atom stereocenters. The highest BCUT2D eigenvalue weighted by Gasteiger charge is 2.23. The number of hydrogen-bond acceptors (Lipinski definition) is 2. The molecule has 0 N–H and O–H groups in total. The van der Waals surface area contributed by atoms with E-state index in [4.69, 9.17) is 4.74 Å². The van der Waals surface area contributed by atoms with Gasteiger partial charge in [-0.1, -0.05) is 6.92 Å². The van der Waals surface area contributed by atoms with Gasteiger partial charge in [-0.05, 0) is 56.9 Å². The summed E-state index contributed by atoms with van der Waals surface area (Å²) in [4.78, 5) is 14.4. The first-order valence-corrected chi connectivity index (χ1v) is 7.26. The van der Waals surface area contributed by atoms with Gasteiger partial charge in [0.2, 0.25) is 0 Å². The number of carbonyl (C=O) groups excluding carboxylic acids is 1. The fourth-order valence-electron chi connectivity index (χ4n) is 2.48. The molecule has 0 saturated carbocycles. The summed E-state index contributed by atoms with van der Waals surface area (Å²) in [5.41, 5.74) is 0.762. The van der Waals surface area contributed by atoms with Crippen molar-refractivity contribution in [1.29, 1.82) is 0 Å². The van der Waals surface area contributed by atoms with E-state index in [0.29, 0.717) is 6.04 Å². The van der Waals surface area contributed by atoms with Crippen LogP contribution in [0.3, 0.4) is 0 Å². The van der Waals surface area contributed by atoms with E-state index in [1.807, 2.05) is 29.2 Å². The minimum atomic E-state index is 0.147. The molecule has 0 unspecified atom stereocenters. The molecule has 2 rings (SSSR count). The van der Waals surface area contributed by atoms with Gasteiger partial charge in [0.05, 0.1) is 6.61 Å². The van der Waals surface area contributed by atoms with Gasteiger partial charge in [-0.3, -0.25) is 4.79 Å². The number of nitrogens with zero attached hydrogens (tertiary/aromatic N) is 1. The summed E-state index contributed by atoms with van der Waals surface area (Å²) in [5.74, 6) is 0.985. The summed E-state index contributed by atoms with van der Waals surface area (Å²) < 4.78 is 5.53. The van der Waals surface area contributed by atoms with Crippen LogP contribution < -0.4 is 4.74 Å². The topological polar surface area (TPSA) is 29.5 Å². The van der Waals surface area contributed by atoms with Crippen LogP contribution in [0.1, 0.15) is 49.9 Å². The zero-order valence-corrected chi connectivity index (χ0v) is 11.9.